The topological polar surface area (TPSA) is 66.4 Å². The molecule has 106 valence electrons. The van der Waals surface area contributed by atoms with Crippen LogP contribution >= 0.6 is 0 Å². The van der Waals surface area contributed by atoms with Crippen molar-refractivity contribution < 1.29 is 14.7 Å². The number of rotatable bonds is 6. The zero-order valence-corrected chi connectivity index (χ0v) is 11.7. The highest BCUT2D eigenvalue weighted by atomic mass is 16.4. The predicted octanol–water partition coefficient (Wildman–Crippen LogP) is 3.34. The highest BCUT2D eigenvalue weighted by Gasteiger charge is 2.09. The molecule has 1 atom stereocenters. The van der Waals surface area contributed by atoms with Gasteiger partial charge in [-0.3, -0.25) is 9.59 Å². The van der Waals surface area contributed by atoms with Crippen molar-refractivity contribution in [1.29, 1.82) is 0 Å². The van der Waals surface area contributed by atoms with Gasteiger partial charge in [0.2, 0.25) is 5.91 Å². The van der Waals surface area contributed by atoms with E-state index >= 15 is 0 Å². The molecule has 0 fully saturated rings. The SMILES string of the molecule is CC=CC=CC(=O)Nc1ccc(C(C)CC(=O)O)cc1. The summed E-state index contributed by atoms with van der Waals surface area (Å²) in [6.45, 7) is 3.74. The summed E-state index contributed by atoms with van der Waals surface area (Å²) in [5.41, 5.74) is 1.63. The van der Waals surface area contributed by atoms with Crippen molar-refractivity contribution in [3.8, 4) is 0 Å². The van der Waals surface area contributed by atoms with Gasteiger partial charge in [-0.15, -0.1) is 0 Å². The molecule has 0 aromatic heterocycles. The summed E-state index contributed by atoms with van der Waals surface area (Å²) in [5.74, 6) is -1.06. The van der Waals surface area contributed by atoms with Crippen molar-refractivity contribution >= 4 is 17.6 Å². The van der Waals surface area contributed by atoms with Gasteiger partial charge in [0.15, 0.2) is 0 Å². The summed E-state index contributed by atoms with van der Waals surface area (Å²) in [4.78, 5) is 22.2. The first-order valence-corrected chi connectivity index (χ1v) is 6.45. The van der Waals surface area contributed by atoms with Crippen LogP contribution in [-0.4, -0.2) is 17.0 Å². The third-order valence-electron chi connectivity index (χ3n) is 2.78. The molecule has 2 N–H and O–H groups in total. The first kappa shape index (κ1) is 15.7. The van der Waals surface area contributed by atoms with E-state index in [2.05, 4.69) is 5.32 Å². The van der Waals surface area contributed by atoms with Crippen molar-refractivity contribution in [2.75, 3.05) is 5.32 Å². The molecule has 0 aliphatic heterocycles. The van der Waals surface area contributed by atoms with Gasteiger partial charge in [-0.25, -0.2) is 0 Å². The van der Waals surface area contributed by atoms with Gasteiger partial charge in [0.05, 0.1) is 6.42 Å². The number of carboxylic acids is 1. The number of carboxylic acid groups (broad SMARTS) is 1. The van der Waals surface area contributed by atoms with Crippen LogP contribution in [0.3, 0.4) is 0 Å². The van der Waals surface area contributed by atoms with Gasteiger partial charge in [0.1, 0.15) is 0 Å². The largest absolute Gasteiger partial charge is 0.481 e. The zero-order valence-electron chi connectivity index (χ0n) is 11.7. The zero-order chi connectivity index (χ0) is 15.0. The number of carbonyl (C=O) groups is 2. The molecule has 0 bridgehead atoms. The molecule has 1 aromatic carbocycles. The molecule has 0 saturated heterocycles. The molecule has 4 nitrogen and oxygen atoms in total. The highest BCUT2D eigenvalue weighted by molar-refractivity contribution is 5.99. The van der Waals surface area contributed by atoms with Gasteiger partial charge in [-0.1, -0.05) is 37.3 Å². The molecule has 0 spiro atoms. The fraction of sp³-hybridized carbons (Fsp3) is 0.250. The Hall–Kier alpha value is -2.36. The lowest BCUT2D eigenvalue weighted by atomic mass is 9.98. The second kappa shape index (κ2) is 7.94. The Morgan fingerprint density at radius 1 is 1.25 bits per heavy atom. The van der Waals surface area contributed by atoms with E-state index in [1.54, 1.807) is 24.3 Å². The summed E-state index contributed by atoms with van der Waals surface area (Å²) >= 11 is 0. The average Bonchev–Trinajstić information content (AvgIpc) is 2.39. The number of allylic oxidation sites excluding steroid dienone is 3. The minimum Gasteiger partial charge on any atom is -0.481 e. The lowest BCUT2D eigenvalue weighted by Crippen LogP contribution is -2.08. The standard InChI is InChI=1S/C16H19NO3/c1-3-4-5-6-15(18)17-14-9-7-13(8-10-14)12(2)11-16(19)20/h3-10,12H,11H2,1-2H3,(H,17,18)(H,19,20). The Kier molecular flexibility index (Phi) is 6.23. The molecular weight excluding hydrogens is 254 g/mol. The Morgan fingerprint density at radius 3 is 2.45 bits per heavy atom. The van der Waals surface area contributed by atoms with Crippen molar-refractivity contribution in [3.05, 3.63) is 54.1 Å². The third kappa shape index (κ3) is 5.52. The van der Waals surface area contributed by atoms with E-state index in [9.17, 15) is 9.59 Å². The molecular formula is C16H19NO3. The number of nitrogens with one attached hydrogen (secondary N) is 1. The van der Waals surface area contributed by atoms with E-state index in [1.165, 1.54) is 6.08 Å². The molecule has 0 aliphatic rings. The Morgan fingerprint density at radius 2 is 1.90 bits per heavy atom. The maximum absolute atomic E-state index is 11.5. The van der Waals surface area contributed by atoms with Crippen molar-refractivity contribution in [2.24, 2.45) is 0 Å². The maximum Gasteiger partial charge on any atom is 0.303 e. The number of hydrogen-bond acceptors (Lipinski definition) is 2. The normalized spacial score (nSPS) is 12.7. The van der Waals surface area contributed by atoms with E-state index in [0.29, 0.717) is 5.69 Å². The molecule has 1 amide bonds. The van der Waals surface area contributed by atoms with E-state index in [0.717, 1.165) is 5.56 Å². The van der Waals surface area contributed by atoms with Crippen LogP contribution in [0.5, 0.6) is 0 Å². The van der Waals surface area contributed by atoms with E-state index in [-0.39, 0.29) is 18.2 Å². The summed E-state index contributed by atoms with van der Waals surface area (Å²) in [5, 5.41) is 11.5. The molecule has 1 unspecified atom stereocenters. The van der Waals surface area contributed by atoms with Crippen LogP contribution in [0.4, 0.5) is 5.69 Å². The van der Waals surface area contributed by atoms with Gasteiger partial charge in [-0.05, 0) is 30.5 Å². The second-order valence-corrected chi connectivity index (χ2v) is 4.50. The number of carbonyl (C=O) groups excluding carboxylic acids is 1. The number of benzene rings is 1. The van der Waals surface area contributed by atoms with Crippen molar-refractivity contribution in [2.45, 2.75) is 26.2 Å². The number of aliphatic carboxylic acids is 1. The van der Waals surface area contributed by atoms with Crippen molar-refractivity contribution in [1.82, 2.24) is 0 Å². The lowest BCUT2D eigenvalue weighted by molar-refractivity contribution is -0.137. The highest BCUT2D eigenvalue weighted by Crippen LogP contribution is 2.20. The van der Waals surface area contributed by atoms with Crippen LogP contribution < -0.4 is 5.32 Å². The fourth-order valence-electron chi connectivity index (χ4n) is 1.71. The second-order valence-electron chi connectivity index (χ2n) is 4.50. The molecule has 0 aliphatic carbocycles. The van der Waals surface area contributed by atoms with Crippen LogP contribution in [0.25, 0.3) is 0 Å². The molecule has 0 heterocycles. The Labute approximate surface area is 118 Å². The van der Waals surface area contributed by atoms with Crippen LogP contribution in [-0.2, 0) is 9.59 Å². The monoisotopic (exact) mass is 273 g/mol. The quantitative estimate of drug-likeness (QED) is 0.617. The summed E-state index contributed by atoms with van der Waals surface area (Å²) in [6, 6.07) is 7.21. The molecule has 1 aromatic rings. The number of anilines is 1. The van der Waals surface area contributed by atoms with E-state index < -0.39 is 5.97 Å². The molecule has 0 radical (unpaired) electrons. The number of amides is 1. The summed E-state index contributed by atoms with van der Waals surface area (Å²) in [7, 11) is 0. The van der Waals surface area contributed by atoms with Crippen LogP contribution in [0.2, 0.25) is 0 Å². The van der Waals surface area contributed by atoms with Crippen LogP contribution in [0.1, 0.15) is 31.7 Å². The summed E-state index contributed by atoms with van der Waals surface area (Å²) in [6.07, 6.45) is 6.82. The molecule has 0 saturated carbocycles. The van der Waals surface area contributed by atoms with Gasteiger partial charge in [0, 0.05) is 11.8 Å². The fourth-order valence-corrected chi connectivity index (χ4v) is 1.71. The maximum atomic E-state index is 11.5. The molecule has 1 rings (SSSR count). The molecule has 4 heteroatoms. The minimum absolute atomic E-state index is 0.0492. The van der Waals surface area contributed by atoms with Crippen LogP contribution in [0, 0.1) is 0 Å². The van der Waals surface area contributed by atoms with Crippen molar-refractivity contribution in [3.63, 3.8) is 0 Å². The Balaban J connectivity index is 2.62. The smallest absolute Gasteiger partial charge is 0.303 e. The van der Waals surface area contributed by atoms with Gasteiger partial charge >= 0.3 is 5.97 Å². The lowest BCUT2D eigenvalue weighted by Gasteiger charge is -2.10. The van der Waals surface area contributed by atoms with E-state index in [4.69, 9.17) is 5.11 Å². The predicted molar refractivity (Wildman–Crippen MR) is 79.7 cm³/mol. The Bertz CT molecular complexity index is 515. The molecule has 20 heavy (non-hydrogen) atoms. The van der Waals surface area contributed by atoms with Crippen LogP contribution in [0.15, 0.2) is 48.6 Å². The van der Waals surface area contributed by atoms with Gasteiger partial charge < -0.3 is 10.4 Å². The minimum atomic E-state index is -0.816. The number of hydrogen-bond donors (Lipinski definition) is 2. The first-order valence-electron chi connectivity index (χ1n) is 6.45. The van der Waals surface area contributed by atoms with E-state index in [1.807, 2.05) is 32.1 Å². The summed E-state index contributed by atoms with van der Waals surface area (Å²) < 4.78 is 0. The average molecular weight is 273 g/mol. The van der Waals surface area contributed by atoms with Gasteiger partial charge in [-0.2, -0.15) is 0 Å². The third-order valence-corrected chi connectivity index (χ3v) is 2.78. The van der Waals surface area contributed by atoms with Gasteiger partial charge in [0.25, 0.3) is 0 Å². The first-order chi connectivity index (χ1) is 9.52.